The van der Waals surface area contributed by atoms with Crippen molar-refractivity contribution in [3.63, 3.8) is 0 Å². The number of aliphatic hydroxyl groups excluding tert-OH is 1. The monoisotopic (exact) mass is 260 g/mol. The van der Waals surface area contributed by atoms with Gasteiger partial charge in [-0.15, -0.1) is 0 Å². The Morgan fingerprint density at radius 1 is 1.31 bits per heavy atom. The van der Waals surface area contributed by atoms with E-state index in [1.54, 1.807) is 12.1 Å². The Bertz CT molecular complexity index is 480. The highest BCUT2D eigenvalue weighted by Crippen LogP contribution is 2.51. The van der Waals surface area contributed by atoms with Crippen LogP contribution in [0.15, 0.2) is 24.3 Å². The SMILES string of the molecule is CS(=O)(=O)[C@@H]1[C@@H](CO)[C@@H]1c1ccc(Cl)cc1. The van der Waals surface area contributed by atoms with Gasteiger partial charge in [0.15, 0.2) is 9.84 Å². The molecule has 3 atom stereocenters. The third kappa shape index (κ3) is 2.10. The summed E-state index contributed by atoms with van der Waals surface area (Å²) < 4.78 is 23.0. The Hall–Kier alpha value is -0.580. The number of aliphatic hydroxyl groups is 1. The highest BCUT2D eigenvalue weighted by Gasteiger charge is 2.56. The first-order valence-electron chi connectivity index (χ1n) is 5.00. The summed E-state index contributed by atoms with van der Waals surface area (Å²) in [5, 5.41) is 9.32. The van der Waals surface area contributed by atoms with E-state index in [2.05, 4.69) is 0 Å². The van der Waals surface area contributed by atoms with Crippen molar-refractivity contribution in [2.45, 2.75) is 11.2 Å². The van der Waals surface area contributed by atoms with E-state index in [1.807, 2.05) is 12.1 Å². The van der Waals surface area contributed by atoms with Crippen molar-refractivity contribution in [3.05, 3.63) is 34.9 Å². The van der Waals surface area contributed by atoms with E-state index < -0.39 is 15.1 Å². The van der Waals surface area contributed by atoms with Gasteiger partial charge in [-0.3, -0.25) is 0 Å². The molecule has 5 heteroatoms. The van der Waals surface area contributed by atoms with Crippen LogP contribution in [-0.2, 0) is 9.84 Å². The van der Waals surface area contributed by atoms with Crippen molar-refractivity contribution >= 4 is 21.4 Å². The molecule has 1 fully saturated rings. The van der Waals surface area contributed by atoms with Crippen molar-refractivity contribution in [1.82, 2.24) is 0 Å². The average Bonchev–Trinajstić information content (AvgIpc) is 2.92. The Balaban J connectivity index is 2.27. The first kappa shape index (κ1) is 11.9. The molecule has 2 rings (SSSR count). The third-order valence-corrected chi connectivity index (χ3v) is 4.94. The molecule has 0 saturated heterocycles. The van der Waals surface area contributed by atoms with Gasteiger partial charge in [0.05, 0.1) is 5.25 Å². The predicted octanol–water partition coefficient (Wildman–Crippen LogP) is 1.46. The quantitative estimate of drug-likeness (QED) is 0.895. The number of hydrogen-bond acceptors (Lipinski definition) is 3. The van der Waals surface area contributed by atoms with Crippen LogP contribution in [-0.4, -0.2) is 31.6 Å². The largest absolute Gasteiger partial charge is 0.396 e. The topological polar surface area (TPSA) is 54.4 Å². The summed E-state index contributed by atoms with van der Waals surface area (Å²) in [5.41, 5.74) is 0.930. The lowest BCUT2D eigenvalue weighted by atomic mass is 10.1. The molecule has 0 aromatic heterocycles. The molecule has 0 heterocycles. The van der Waals surface area contributed by atoms with Crippen LogP contribution < -0.4 is 0 Å². The molecule has 1 N–H and O–H groups in total. The van der Waals surface area contributed by atoms with Crippen LogP contribution >= 0.6 is 11.6 Å². The van der Waals surface area contributed by atoms with Gasteiger partial charge in [0.2, 0.25) is 0 Å². The second kappa shape index (κ2) is 4.02. The number of halogens is 1. The Kier molecular flexibility index (Phi) is 2.99. The predicted molar refractivity (Wildman–Crippen MR) is 63.4 cm³/mol. The Labute approximate surface area is 100.0 Å². The minimum absolute atomic E-state index is 0.0859. The van der Waals surface area contributed by atoms with E-state index in [9.17, 15) is 8.42 Å². The van der Waals surface area contributed by atoms with Crippen molar-refractivity contribution < 1.29 is 13.5 Å². The van der Waals surface area contributed by atoms with E-state index in [0.29, 0.717) is 5.02 Å². The first-order valence-corrected chi connectivity index (χ1v) is 7.33. The zero-order chi connectivity index (χ0) is 11.9. The van der Waals surface area contributed by atoms with Gasteiger partial charge in [-0.1, -0.05) is 23.7 Å². The van der Waals surface area contributed by atoms with Crippen molar-refractivity contribution in [2.24, 2.45) is 5.92 Å². The van der Waals surface area contributed by atoms with Gasteiger partial charge in [-0.25, -0.2) is 8.42 Å². The summed E-state index contributed by atoms with van der Waals surface area (Å²) in [7, 11) is -3.09. The highest BCUT2D eigenvalue weighted by molar-refractivity contribution is 7.91. The summed E-state index contributed by atoms with van der Waals surface area (Å²) in [5.74, 6) is -0.256. The van der Waals surface area contributed by atoms with E-state index in [1.165, 1.54) is 6.26 Å². The molecule has 16 heavy (non-hydrogen) atoms. The second-order valence-corrected chi connectivity index (χ2v) is 6.86. The molecule has 1 aromatic carbocycles. The maximum absolute atomic E-state index is 11.5. The van der Waals surface area contributed by atoms with Crippen LogP contribution in [0, 0.1) is 5.92 Å². The summed E-state index contributed by atoms with van der Waals surface area (Å²) >= 11 is 5.77. The lowest BCUT2D eigenvalue weighted by molar-refractivity contribution is 0.274. The molecule has 1 saturated carbocycles. The van der Waals surface area contributed by atoms with Gasteiger partial charge in [-0.2, -0.15) is 0 Å². The smallest absolute Gasteiger partial charge is 0.151 e. The molecule has 1 aliphatic rings. The minimum atomic E-state index is -3.09. The average molecular weight is 261 g/mol. The van der Waals surface area contributed by atoms with Crippen LogP contribution in [0.4, 0.5) is 0 Å². The standard InChI is InChI=1S/C11H13ClO3S/c1-16(14,15)11-9(6-13)10(11)7-2-4-8(12)5-3-7/h2-5,9-11,13H,6H2,1H3/t9-,10-,11+/m0/s1. The molecular formula is C11H13ClO3S. The molecule has 1 aromatic rings. The van der Waals surface area contributed by atoms with Crippen LogP contribution in [0.1, 0.15) is 11.5 Å². The maximum Gasteiger partial charge on any atom is 0.151 e. The summed E-state index contributed by atoms with van der Waals surface area (Å²) in [4.78, 5) is 0. The fourth-order valence-electron chi connectivity index (χ4n) is 2.27. The molecule has 0 bridgehead atoms. The van der Waals surface area contributed by atoms with Gasteiger partial charge in [0.25, 0.3) is 0 Å². The fourth-order valence-corrected chi connectivity index (χ4v) is 4.08. The van der Waals surface area contributed by atoms with E-state index in [4.69, 9.17) is 16.7 Å². The van der Waals surface area contributed by atoms with Crippen LogP contribution in [0.2, 0.25) is 5.02 Å². The minimum Gasteiger partial charge on any atom is -0.396 e. The number of rotatable bonds is 3. The summed E-state index contributed by atoms with van der Waals surface area (Å²) in [6.07, 6.45) is 1.22. The van der Waals surface area contributed by atoms with Crippen molar-refractivity contribution in [3.8, 4) is 0 Å². The molecule has 0 amide bonds. The lowest BCUT2D eigenvalue weighted by Crippen LogP contribution is -2.08. The summed E-state index contributed by atoms with van der Waals surface area (Å²) in [6.45, 7) is -0.0922. The molecule has 1 aliphatic carbocycles. The van der Waals surface area contributed by atoms with Crippen LogP contribution in [0.3, 0.4) is 0 Å². The molecule has 0 unspecified atom stereocenters. The molecule has 88 valence electrons. The molecule has 0 radical (unpaired) electrons. The molecule has 0 spiro atoms. The van der Waals surface area contributed by atoms with E-state index in [-0.39, 0.29) is 18.4 Å². The number of hydrogen-bond donors (Lipinski definition) is 1. The van der Waals surface area contributed by atoms with Crippen molar-refractivity contribution in [1.29, 1.82) is 0 Å². The van der Waals surface area contributed by atoms with Gasteiger partial charge < -0.3 is 5.11 Å². The number of sulfone groups is 1. The number of benzene rings is 1. The Morgan fingerprint density at radius 3 is 2.25 bits per heavy atom. The maximum atomic E-state index is 11.5. The summed E-state index contributed by atoms with van der Waals surface area (Å²) in [6, 6.07) is 7.12. The molecule has 3 nitrogen and oxygen atoms in total. The van der Waals surface area contributed by atoms with Gasteiger partial charge >= 0.3 is 0 Å². The van der Waals surface area contributed by atoms with Crippen LogP contribution in [0.25, 0.3) is 0 Å². The van der Waals surface area contributed by atoms with Gasteiger partial charge in [-0.05, 0) is 17.7 Å². The van der Waals surface area contributed by atoms with E-state index >= 15 is 0 Å². The second-order valence-electron chi connectivity index (χ2n) is 4.22. The van der Waals surface area contributed by atoms with Gasteiger partial charge in [0, 0.05) is 29.7 Å². The van der Waals surface area contributed by atoms with Crippen molar-refractivity contribution in [2.75, 3.05) is 12.9 Å². The zero-order valence-corrected chi connectivity index (χ0v) is 10.4. The third-order valence-electron chi connectivity index (χ3n) is 3.06. The fraction of sp³-hybridized carbons (Fsp3) is 0.455. The highest BCUT2D eigenvalue weighted by atomic mass is 35.5. The van der Waals surface area contributed by atoms with Gasteiger partial charge in [0.1, 0.15) is 0 Å². The normalized spacial score (nSPS) is 29.1. The first-order chi connectivity index (χ1) is 7.45. The molecule has 0 aliphatic heterocycles. The zero-order valence-electron chi connectivity index (χ0n) is 8.80. The van der Waals surface area contributed by atoms with Crippen LogP contribution in [0.5, 0.6) is 0 Å². The lowest BCUT2D eigenvalue weighted by Gasteiger charge is -1.99. The Morgan fingerprint density at radius 2 is 1.88 bits per heavy atom. The molecular weight excluding hydrogens is 248 g/mol. The van der Waals surface area contributed by atoms with E-state index in [0.717, 1.165) is 5.56 Å².